The second-order valence-electron chi connectivity index (χ2n) is 5.27. The molecule has 0 saturated carbocycles. The smallest absolute Gasteiger partial charge is 0.277 e. The highest BCUT2D eigenvalue weighted by Crippen LogP contribution is 2.28. The fourth-order valence-corrected chi connectivity index (χ4v) is 2.89. The Kier molecular flexibility index (Phi) is 5.67. The molecule has 1 aromatic carbocycles. The van der Waals surface area contributed by atoms with Crippen molar-refractivity contribution < 1.29 is 14.1 Å². The number of nitrogens with zero attached hydrogens (tertiary/aromatic N) is 4. The van der Waals surface area contributed by atoms with Crippen LogP contribution in [0.3, 0.4) is 0 Å². The van der Waals surface area contributed by atoms with Crippen molar-refractivity contribution in [2.75, 3.05) is 5.32 Å². The van der Waals surface area contributed by atoms with E-state index in [-0.39, 0.29) is 27.9 Å². The molecule has 0 unspecified atom stereocenters. The molecular weight excluding hydrogens is 394 g/mol. The summed E-state index contributed by atoms with van der Waals surface area (Å²) in [4.78, 5) is 26.5. The Hall–Kier alpha value is -2.98. The maximum absolute atomic E-state index is 12.3. The molecule has 0 bridgehead atoms. The van der Waals surface area contributed by atoms with Crippen molar-refractivity contribution in [1.82, 2.24) is 15.2 Å². The molecule has 9 nitrogen and oxygen atoms in total. The zero-order valence-corrected chi connectivity index (χ0v) is 15.4. The van der Waals surface area contributed by atoms with Gasteiger partial charge in [0.25, 0.3) is 10.9 Å². The number of pyridine rings is 1. The number of anilines is 1. The summed E-state index contributed by atoms with van der Waals surface area (Å²) in [5, 5.41) is 21.1. The van der Waals surface area contributed by atoms with E-state index in [1.54, 1.807) is 25.1 Å². The normalized spacial score (nSPS) is 11.8. The standard InChI is InChI=1S/C16H12ClN5O4S/c1-9(14(23)19-12-6-3-7-18-13(12)17)27-16-21-20-15(26-16)10-4-2-5-11(8-10)22(24)25/h2-9H,1H3,(H,19,23)/t9-/m0/s1. The number of aromatic nitrogens is 3. The molecular formula is C16H12ClN5O4S. The molecule has 2 aromatic heterocycles. The molecule has 0 radical (unpaired) electrons. The minimum Gasteiger partial charge on any atom is -0.411 e. The van der Waals surface area contributed by atoms with Gasteiger partial charge in [-0.15, -0.1) is 10.2 Å². The van der Waals surface area contributed by atoms with E-state index < -0.39 is 10.2 Å². The molecule has 0 aliphatic carbocycles. The van der Waals surface area contributed by atoms with Crippen LogP contribution in [0.2, 0.25) is 5.15 Å². The molecule has 0 spiro atoms. The van der Waals surface area contributed by atoms with Crippen molar-refractivity contribution in [3.8, 4) is 11.5 Å². The largest absolute Gasteiger partial charge is 0.411 e. The van der Waals surface area contributed by atoms with Gasteiger partial charge in [0.2, 0.25) is 11.8 Å². The number of nitrogens with one attached hydrogen (secondary N) is 1. The quantitative estimate of drug-likeness (QED) is 0.284. The summed E-state index contributed by atoms with van der Waals surface area (Å²) < 4.78 is 5.50. The number of hydrogen-bond donors (Lipinski definition) is 1. The SMILES string of the molecule is C[C@H](Sc1nnc(-c2cccc([N+](=O)[O-])c2)o1)C(=O)Nc1cccnc1Cl. The van der Waals surface area contributed by atoms with Crippen LogP contribution in [-0.4, -0.2) is 31.3 Å². The van der Waals surface area contributed by atoms with Crippen LogP contribution in [0.25, 0.3) is 11.5 Å². The highest BCUT2D eigenvalue weighted by Gasteiger charge is 2.20. The number of nitro benzene ring substituents is 1. The molecule has 1 amide bonds. The molecule has 0 aliphatic rings. The van der Waals surface area contributed by atoms with E-state index in [0.29, 0.717) is 11.3 Å². The summed E-state index contributed by atoms with van der Waals surface area (Å²) in [6.45, 7) is 1.67. The van der Waals surface area contributed by atoms with E-state index in [0.717, 1.165) is 11.8 Å². The van der Waals surface area contributed by atoms with E-state index in [2.05, 4.69) is 20.5 Å². The predicted octanol–water partition coefficient (Wildman–Crippen LogP) is 3.81. The van der Waals surface area contributed by atoms with Gasteiger partial charge in [0.15, 0.2) is 5.15 Å². The van der Waals surface area contributed by atoms with Crippen molar-refractivity contribution in [1.29, 1.82) is 0 Å². The van der Waals surface area contributed by atoms with Gasteiger partial charge in [0.05, 0.1) is 15.9 Å². The number of hydrogen-bond acceptors (Lipinski definition) is 8. The topological polar surface area (TPSA) is 124 Å². The first-order valence-electron chi connectivity index (χ1n) is 7.60. The Bertz CT molecular complexity index is 996. The molecule has 1 N–H and O–H groups in total. The zero-order valence-electron chi connectivity index (χ0n) is 13.8. The Balaban J connectivity index is 1.68. The summed E-state index contributed by atoms with van der Waals surface area (Å²) >= 11 is 6.97. The third-order valence-electron chi connectivity index (χ3n) is 3.37. The van der Waals surface area contributed by atoms with Crippen LogP contribution in [-0.2, 0) is 4.79 Å². The predicted molar refractivity (Wildman–Crippen MR) is 99.6 cm³/mol. The van der Waals surface area contributed by atoms with E-state index >= 15 is 0 Å². The van der Waals surface area contributed by atoms with E-state index in [1.807, 2.05) is 0 Å². The third-order valence-corrected chi connectivity index (χ3v) is 4.61. The Morgan fingerprint density at radius 1 is 1.33 bits per heavy atom. The van der Waals surface area contributed by atoms with Crippen LogP contribution >= 0.6 is 23.4 Å². The first-order valence-corrected chi connectivity index (χ1v) is 8.86. The summed E-state index contributed by atoms with van der Waals surface area (Å²) in [6.07, 6.45) is 1.52. The maximum atomic E-state index is 12.3. The van der Waals surface area contributed by atoms with Gasteiger partial charge in [0, 0.05) is 23.9 Å². The van der Waals surface area contributed by atoms with Crippen molar-refractivity contribution in [3.63, 3.8) is 0 Å². The first-order chi connectivity index (χ1) is 12.9. The number of nitro groups is 1. The molecule has 11 heteroatoms. The Morgan fingerprint density at radius 2 is 2.15 bits per heavy atom. The summed E-state index contributed by atoms with van der Waals surface area (Å²) in [7, 11) is 0. The number of carbonyl (C=O) groups excluding carboxylic acids is 1. The number of halogens is 1. The number of benzene rings is 1. The summed E-state index contributed by atoms with van der Waals surface area (Å²) in [6, 6.07) is 9.14. The number of thioether (sulfide) groups is 1. The molecule has 2 heterocycles. The lowest BCUT2D eigenvalue weighted by molar-refractivity contribution is -0.384. The second-order valence-corrected chi connectivity index (χ2v) is 6.92. The van der Waals surface area contributed by atoms with Crippen LogP contribution in [0.1, 0.15) is 6.92 Å². The van der Waals surface area contributed by atoms with Crippen LogP contribution < -0.4 is 5.32 Å². The van der Waals surface area contributed by atoms with Crippen LogP contribution in [0.4, 0.5) is 11.4 Å². The van der Waals surface area contributed by atoms with E-state index in [1.165, 1.54) is 24.4 Å². The van der Waals surface area contributed by atoms with E-state index in [4.69, 9.17) is 16.0 Å². The van der Waals surface area contributed by atoms with Gasteiger partial charge in [-0.3, -0.25) is 14.9 Å². The molecule has 27 heavy (non-hydrogen) atoms. The lowest BCUT2D eigenvalue weighted by Crippen LogP contribution is -2.22. The lowest BCUT2D eigenvalue weighted by atomic mass is 10.2. The second kappa shape index (κ2) is 8.14. The van der Waals surface area contributed by atoms with Gasteiger partial charge in [-0.1, -0.05) is 29.4 Å². The molecule has 0 saturated heterocycles. The van der Waals surface area contributed by atoms with Crippen molar-refractivity contribution in [2.45, 2.75) is 17.4 Å². The van der Waals surface area contributed by atoms with E-state index in [9.17, 15) is 14.9 Å². The minimum atomic E-state index is -0.556. The van der Waals surface area contributed by atoms with Gasteiger partial charge < -0.3 is 9.73 Å². The fraction of sp³-hybridized carbons (Fsp3) is 0.125. The van der Waals surface area contributed by atoms with Gasteiger partial charge in [-0.05, 0) is 25.1 Å². The fourth-order valence-electron chi connectivity index (χ4n) is 2.04. The minimum absolute atomic E-state index is 0.0824. The number of non-ortho nitro benzene ring substituents is 1. The van der Waals surface area contributed by atoms with Gasteiger partial charge in [0.1, 0.15) is 0 Å². The highest BCUT2D eigenvalue weighted by atomic mass is 35.5. The van der Waals surface area contributed by atoms with Gasteiger partial charge in [-0.25, -0.2) is 4.98 Å². The van der Waals surface area contributed by atoms with Crippen molar-refractivity contribution >= 4 is 40.6 Å². The third kappa shape index (κ3) is 4.60. The van der Waals surface area contributed by atoms with Crippen LogP contribution in [0.15, 0.2) is 52.2 Å². The Labute approximate surface area is 162 Å². The number of carbonyl (C=O) groups is 1. The average molecular weight is 406 g/mol. The number of rotatable bonds is 6. The molecule has 138 valence electrons. The molecule has 3 rings (SSSR count). The van der Waals surface area contributed by atoms with Crippen LogP contribution in [0, 0.1) is 10.1 Å². The van der Waals surface area contributed by atoms with Crippen LogP contribution in [0.5, 0.6) is 0 Å². The summed E-state index contributed by atoms with van der Waals surface area (Å²) in [5.41, 5.74) is 0.739. The van der Waals surface area contributed by atoms with Gasteiger partial charge >= 0.3 is 0 Å². The average Bonchev–Trinajstić information content (AvgIpc) is 3.12. The highest BCUT2D eigenvalue weighted by molar-refractivity contribution is 8.00. The first kappa shape index (κ1) is 18.8. The molecule has 0 fully saturated rings. The lowest BCUT2D eigenvalue weighted by Gasteiger charge is -2.10. The number of amides is 1. The van der Waals surface area contributed by atoms with Crippen molar-refractivity contribution in [3.05, 3.63) is 57.9 Å². The zero-order chi connectivity index (χ0) is 19.4. The molecule has 1 atom stereocenters. The Morgan fingerprint density at radius 3 is 2.89 bits per heavy atom. The monoisotopic (exact) mass is 405 g/mol. The molecule has 3 aromatic rings. The van der Waals surface area contributed by atoms with Gasteiger partial charge in [-0.2, -0.15) is 0 Å². The molecule has 0 aliphatic heterocycles. The van der Waals surface area contributed by atoms with Crippen molar-refractivity contribution in [2.24, 2.45) is 0 Å². The summed E-state index contributed by atoms with van der Waals surface area (Å²) in [5.74, 6) is -0.186. The maximum Gasteiger partial charge on any atom is 0.277 e.